The van der Waals surface area contributed by atoms with Gasteiger partial charge in [0.1, 0.15) is 6.04 Å². The van der Waals surface area contributed by atoms with Gasteiger partial charge in [0.2, 0.25) is 5.91 Å². The summed E-state index contributed by atoms with van der Waals surface area (Å²) in [6, 6.07) is -0.604. The molecule has 0 saturated carbocycles. The van der Waals surface area contributed by atoms with E-state index < -0.39 is 11.9 Å². The number of hydrogen-bond donors (Lipinski definition) is 2. The Bertz CT molecular complexity index is 442. The number of rotatable bonds is 2. The molecule has 1 unspecified atom stereocenters. The quantitative estimate of drug-likeness (QED) is 0.642. The van der Waals surface area contributed by atoms with Crippen LogP contribution in [0.15, 0.2) is 12.4 Å². The molecular formula is C10H15N5O2. The standard InChI is InChI=1S/C10H15N5O2/c1-14-4-3-13-9(14)10(17)15-5-2-12-6-7(15)8(11)16/h3-4,7,12H,2,5-6H2,1H3,(H2,11,16). The highest BCUT2D eigenvalue weighted by atomic mass is 16.2. The molecule has 0 radical (unpaired) electrons. The lowest BCUT2D eigenvalue weighted by Gasteiger charge is -2.33. The molecule has 1 aliphatic rings. The van der Waals surface area contributed by atoms with Crippen LogP contribution in [-0.2, 0) is 11.8 Å². The minimum absolute atomic E-state index is 0.261. The monoisotopic (exact) mass is 237 g/mol. The van der Waals surface area contributed by atoms with E-state index in [9.17, 15) is 9.59 Å². The summed E-state index contributed by atoms with van der Waals surface area (Å²) in [6.45, 7) is 1.50. The maximum Gasteiger partial charge on any atom is 0.290 e. The molecule has 1 aromatic heterocycles. The Hall–Kier alpha value is -1.89. The second kappa shape index (κ2) is 4.54. The van der Waals surface area contributed by atoms with E-state index in [1.807, 2.05) is 0 Å². The van der Waals surface area contributed by atoms with Crippen LogP contribution in [0.5, 0.6) is 0 Å². The fraction of sp³-hybridized carbons (Fsp3) is 0.500. The third kappa shape index (κ3) is 2.14. The summed E-state index contributed by atoms with van der Waals surface area (Å²) in [4.78, 5) is 28.9. The van der Waals surface area contributed by atoms with Gasteiger partial charge in [-0.1, -0.05) is 0 Å². The minimum atomic E-state index is -0.604. The van der Waals surface area contributed by atoms with Gasteiger partial charge < -0.3 is 20.5 Å². The average molecular weight is 237 g/mol. The number of nitrogens with two attached hydrogens (primary N) is 1. The molecule has 17 heavy (non-hydrogen) atoms. The number of aryl methyl sites for hydroxylation is 1. The Labute approximate surface area is 98.6 Å². The van der Waals surface area contributed by atoms with E-state index in [-0.39, 0.29) is 5.91 Å². The van der Waals surface area contributed by atoms with Crippen LogP contribution >= 0.6 is 0 Å². The van der Waals surface area contributed by atoms with Crippen LogP contribution in [0.25, 0.3) is 0 Å². The second-order valence-corrected chi connectivity index (χ2v) is 3.98. The largest absolute Gasteiger partial charge is 0.368 e. The van der Waals surface area contributed by atoms with Crippen molar-refractivity contribution in [1.82, 2.24) is 19.8 Å². The lowest BCUT2D eigenvalue weighted by atomic mass is 10.1. The summed E-state index contributed by atoms with van der Waals surface area (Å²) in [7, 11) is 1.74. The molecule has 1 aromatic rings. The van der Waals surface area contributed by atoms with Crippen LogP contribution < -0.4 is 11.1 Å². The zero-order chi connectivity index (χ0) is 12.4. The van der Waals surface area contributed by atoms with E-state index >= 15 is 0 Å². The molecule has 0 aliphatic carbocycles. The summed E-state index contributed by atoms with van der Waals surface area (Å²) in [5, 5.41) is 3.04. The van der Waals surface area contributed by atoms with Gasteiger partial charge in [0.05, 0.1) is 0 Å². The van der Waals surface area contributed by atoms with E-state index in [4.69, 9.17) is 5.73 Å². The van der Waals surface area contributed by atoms with Crippen molar-refractivity contribution < 1.29 is 9.59 Å². The number of aromatic nitrogens is 2. The Morgan fingerprint density at radius 3 is 2.94 bits per heavy atom. The van der Waals surface area contributed by atoms with Gasteiger partial charge in [-0.3, -0.25) is 9.59 Å². The summed E-state index contributed by atoms with van der Waals surface area (Å²) < 4.78 is 1.63. The number of amides is 2. The fourth-order valence-corrected chi connectivity index (χ4v) is 1.90. The van der Waals surface area contributed by atoms with Gasteiger partial charge >= 0.3 is 0 Å². The number of hydrogen-bond acceptors (Lipinski definition) is 4. The Kier molecular flexibility index (Phi) is 3.10. The molecule has 7 heteroatoms. The maximum atomic E-state index is 12.2. The smallest absolute Gasteiger partial charge is 0.290 e. The Balaban J connectivity index is 2.23. The molecule has 0 bridgehead atoms. The zero-order valence-corrected chi connectivity index (χ0v) is 9.59. The molecule has 3 N–H and O–H groups in total. The van der Waals surface area contributed by atoms with Gasteiger partial charge in [-0.25, -0.2) is 4.98 Å². The SMILES string of the molecule is Cn1ccnc1C(=O)N1CCNCC1C(N)=O. The van der Waals surface area contributed by atoms with E-state index in [1.165, 1.54) is 4.90 Å². The van der Waals surface area contributed by atoms with Crippen LogP contribution in [0.1, 0.15) is 10.6 Å². The number of piperazine rings is 1. The second-order valence-electron chi connectivity index (χ2n) is 3.98. The van der Waals surface area contributed by atoms with Crippen LogP contribution in [0.3, 0.4) is 0 Å². The molecule has 92 valence electrons. The van der Waals surface area contributed by atoms with Crippen molar-refractivity contribution in [1.29, 1.82) is 0 Å². The molecule has 2 rings (SSSR count). The molecule has 0 aromatic carbocycles. The molecular weight excluding hydrogens is 222 g/mol. The first-order chi connectivity index (χ1) is 8.11. The first-order valence-corrected chi connectivity index (χ1v) is 5.39. The minimum Gasteiger partial charge on any atom is -0.368 e. The average Bonchev–Trinajstić information content (AvgIpc) is 2.74. The number of carbonyl (C=O) groups excluding carboxylic acids is 2. The molecule has 0 spiro atoms. The van der Waals surface area contributed by atoms with Crippen molar-refractivity contribution in [2.24, 2.45) is 12.8 Å². The Morgan fingerprint density at radius 2 is 2.35 bits per heavy atom. The lowest BCUT2D eigenvalue weighted by Crippen LogP contribution is -2.59. The van der Waals surface area contributed by atoms with Crippen molar-refractivity contribution in [2.45, 2.75) is 6.04 Å². The number of primary amides is 1. The van der Waals surface area contributed by atoms with Crippen LogP contribution in [0, 0.1) is 0 Å². The van der Waals surface area contributed by atoms with Gasteiger partial charge in [0.25, 0.3) is 5.91 Å². The third-order valence-electron chi connectivity index (χ3n) is 2.85. The van der Waals surface area contributed by atoms with Crippen molar-refractivity contribution in [3.8, 4) is 0 Å². The van der Waals surface area contributed by atoms with E-state index in [0.717, 1.165) is 0 Å². The first kappa shape index (κ1) is 11.6. The van der Waals surface area contributed by atoms with Crippen LogP contribution in [0.2, 0.25) is 0 Å². The highest BCUT2D eigenvalue weighted by Crippen LogP contribution is 2.08. The highest BCUT2D eigenvalue weighted by Gasteiger charge is 2.32. The maximum absolute atomic E-state index is 12.2. The predicted octanol–water partition coefficient (Wildman–Crippen LogP) is -1.68. The van der Waals surface area contributed by atoms with E-state index in [2.05, 4.69) is 10.3 Å². The summed E-state index contributed by atoms with van der Waals surface area (Å²) in [6.07, 6.45) is 3.24. The number of imidazole rings is 1. The molecule has 1 saturated heterocycles. The van der Waals surface area contributed by atoms with Gasteiger partial charge in [-0.15, -0.1) is 0 Å². The topological polar surface area (TPSA) is 93.2 Å². The normalized spacial score (nSPS) is 20.3. The number of carbonyl (C=O) groups is 2. The lowest BCUT2D eigenvalue weighted by molar-refractivity contribution is -0.122. The molecule has 2 heterocycles. The van der Waals surface area contributed by atoms with Crippen molar-refractivity contribution in [3.63, 3.8) is 0 Å². The van der Waals surface area contributed by atoms with Gasteiger partial charge in [-0.2, -0.15) is 0 Å². The van der Waals surface area contributed by atoms with Crippen LogP contribution in [-0.4, -0.2) is 51.9 Å². The third-order valence-corrected chi connectivity index (χ3v) is 2.85. The van der Waals surface area contributed by atoms with Gasteiger partial charge in [0.15, 0.2) is 5.82 Å². The van der Waals surface area contributed by atoms with Gasteiger partial charge in [0, 0.05) is 39.1 Å². The summed E-state index contributed by atoms with van der Waals surface area (Å²) >= 11 is 0. The molecule has 1 atom stereocenters. The Morgan fingerprint density at radius 1 is 1.59 bits per heavy atom. The van der Waals surface area contributed by atoms with Crippen molar-refractivity contribution >= 4 is 11.8 Å². The highest BCUT2D eigenvalue weighted by molar-refractivity contribution is 5.95. The van der Waals surface area contributed by atoms with Crippen LogP contribution in [0.4, 0.5) is 0 Å². The predicted molar refractivity (Wildman–Crippen MR) is 60.1 cm³/mol. The molecule has 2 amide bonds. The molecule has 1 aliphatic heterocycles. The molecule has 1 fully saturated rings. The van der Waals surface area contributed by atoms with Crippen molar-refractivity contribution in [3.05, 3.63) is 18.2 Å². The zero-order valence-electron chi connectivity index (χ0n) is 9.59. The van der Waals surface area contributed by atoms with E-state index in [1.54, 1.807) is 24.0 Å². The number of nitrogens with zero attached hydrogens (tertiary/aromatic N) is 3. The summed E-state index contributed by atoms with van der Waals surface area (Å²) in [5.74, 6) is -0.444. The number of nitrogens with one attached hydrogen (secondary N) is 1. The van der Waals surface area contributed by atoms with Gasteiger partial charge in [-0.05, 0) is 0 Å². The first-order valence-electron chi connectivity index (χ1n) is 5.39. The fourth-order valence-electron chi connectivity index (χ4n) is 1.90. The molecule has 7 nitrogen and oxygen atoms in total. The van der Waals surface area contributed by atoms with Crippen molar-refractivity contribution in [2.75, 3.05) is 19.6 Å². The van der Waals surface area contributed by atoms with E-state index in [0.29, 0.717) is 25.5 Å². The summed E-state index contributed by atoms with van der Waals surface area (Å²) in [5.41, 5.74) is 5.29.